The first kappa shape index (κ1) is 62.5. The lowest BCUT2D eigenvalue weighted by Crippen LogP contribution is -2.62. The van der Waals surface area contributed by atoms with Crippen LogP contribution in [0.4, 0.5) is 0 Å². The molecule has 4 aromatic carbocycles. The molecule has 0 bridgehead atoms. The van der Waals surface area contributed by atoms with Gasteiger partial charge in [0.15, 0.2) is 0 Å². The number of likely N-dealkylation sites (N-methyl/N-ethyl adjacent to an activating group) is 1. The van der Waals surface area contributed by atoms with Gasteiger partial charge in [-0.15, -0.1) is 0 Å². The summed E-state index contributed by atoms with van der Waals surface area (Å²) in [4.78, 5) is 127. The van der Waals surface area contributed by atoms with E-state index in [-0.39, 0.29) is 80.1 Å². The molecule has 8 atom stereocenters. The molecule has 424 valence electrons. The van der Waals surface area contributed by atoms with Crippen molar-refractivity contribution in [2.75, 3.05) is 25.1 Å². The molecule has 0 aromatic heterocycles. The number of phenolic OH excluding ortho intramolecular Hbond substituents is 2. The number of hydrogen-bond donors (Lipinski definition) is 12. The lowest BCUT2D eigenvalue weighted by Gasteiger charge is -2.32. The van der Waals surface area contributed by atoms with Crippen LogP contribution >= 0.6 is 33.2 Å². The Hall–Kier alpha value is -7.38. The third kappa shape index (κ3) is 19.8. The molecule has 0 aliphatic carbocycles. The summed E-state index contributed by atoms with van der Waals surface area (Å²) in [7, 11) is 3.34. The maximum atomic E-state index is 14.9. The first-order chi connectivity index (χ1) is 37.6. The van der Waals surface area contributed by atoms with Crippen molar-refractivity contribution in [3.8, 4) is 11.5 Å². The zero-order valence-electron chi connectivity index (χ0n) is 43.5. The molecule has 1 aliphatic rings. The molecule has 15 N–H and O–H groups in total. The molecular formula is C54H67ClN10O12S2. The Bertz CT molecular complexity index is 2760. The topological polar surface area (TPSA) is 368 Å². The summed E-state index contributed by atoms with van der Waals surface area (Å²) in [6.07, 6.45) is -1.28. The number of phenols is 2. The quantitative estimate of drug-likeness (QED) is 0.0453. The van der Waals surface area contributed by atoms with Crippen LogP contribution in [0.3, 0.4) is 0 Å². The number of halogens is 1. The fourth-order valence-corrected chi connectivity index (χ4v) is 10.7. The van der Waals surface area contributed by atoms with Gasteiger partial charge in [0.05, 0.1) is 6.10 Å². The lowest BCUT2D eigenvalue weighted by molar-refractivity contribution is -0.142. The van der Waals surface area contributed by atoms with Crippen LogP contribution in [0.5, 0.6) is 11.5 Å². The third-order valence-corrected chi connectivity index (χ3v) is 15.5. The van der Waals surface area contributed by atoms with E-state index in [1.165, 1.54) is 74.6 Å². The van der Waals surface area contributed by atoms with E-state index in [4.69, 9.17) is 28.8 Å². The summed E-state index contributed by atoms with van der Waals surface area (Å²) in [6.45, 7) is 1.43. The van der Waals surface area contributed by atoms with Crippen LogP contribution in [0.1, 0.15) is 65.2 Å². The summed E-state index contributed by atoms with van der Waals surface area (Å²) in [5, 5.41) is 47.3. The standard InChI is InChI=1S/C54H67ClN10O12S2/c1-30(66)46-53(76)63-42(51(74)61-40(48(58)71)25-33-10-19-37(67)20-11-33)28-78-79-29-43(59-45(69)23-14-31-8-17-36(55)18-9-31)54(77)65(2)44(27-34-12-21-38(68)22-13-34)52(75)62-41(26-32-6-15-35(16-7-32)47(57)70)50(73)60-39(49(72)64-46)5-3-4-24-56/h6-13,15-22,30,39-44,46,66-68H,3-5,14,23-29,56H2,1-2H3,(H2,57,70)(H2,58,71)(H,59,69)(H,60,73)(H,61,74)(H,62,75)(H,63,76)(H,64,72)/t30?,39-,40+,41+,42-,43+,44-,46?/m0/s1. The van der Waals surface area contributed by atoms with E-state index in [2.05, 4.69) is 31.9 Å². The SMILES string of the molecule is CC(O)C1NC(=O)[C@H](CCCCN)NC(=O)[C@@H](Cc2ccc(C(N)=O)cc2)NC(=O)[C@H](Cc2ccc(O)cc2)N(C)C(=O)[C@H](NC(=O)CCc2ccc(Cl)cc2)CSSC[C@@H](C(=O)N[C@H](Cc2ccc(O)cc2)C(N)=O)NC1=O. The summed E-state index contributed by atoms with van der Waals surface area (Å²) < 4.78 is 0. The molecule has 9 amide bonds. The van der Waals surface area contributed by atoms with E-state index in [0.717, 1.165) is 32.1 Å². The van der Waals surface area contributed by atoms with E-state index in [0.29, 0.717) is 28.1 Å². The average molecular weight is 1150 g/mol. The van der Waals surface area contributed by atoms with Crippen LogP contribution < -0.4 is 49.1 Å². The molecule has 1 aliphatic heterocycles. The van der Waals surface area contributed by atoms with Crippen molar-refractivity contribution in [1.82, 2.24) is 36.8 Å². The molecular weight excluding hydrogens is 1080 g/mol. The largest absolute Gasteiger partial charge is 0.508 e. The Balaban J connectivity index is 1.58. The number of nitrogens with zero attached hydrogens (tertiary/aromatic N) is 1. The van der Waals surface area contributed by atoms with Gasteiger partial charge >= 0.3 is 0 Å². The number of unbranched alkanes of at least 4 members (excludes halogenated alkanes) is 1. The van der Waals surface area contributed by atoms with Crippen LogP contribution in [0.2, 0.25) is 5.02 Å². The van der Waals surface area contributed by atoms with Crippen LogP contribution in [-0.2, 0) is 64.0 Å². The Morgan fingerprint density at radius 2 is 1.27 bits per heavy atom. The summed E-state index contributed by atoms with van der Waals surface area (Å²) in [5.74, 6) is -8.13. The molecule has 4 aromatic rings. The van der Waals surface area contributed by atoms with Gasteiger partial charge in [0, 0.05) is 54.8 Å². The number of nitrogens with one attached hydrogen (secondary N) is 6. The second kappa shape index (κ2) is 30.7. The van der Waals surface area contributed by atoms with Crippen molar-refractivity contribution in [3.05, 3.63) is 130 Å². The molecule has 0 radical (unpaired) electrons. The highest BCUT2D eigenvalue weighted by Crippen LogP contribution is 2.25. The molecule has 0 spiro atoms. The highest BCUT2D eigenvalue weighted by molar-refractivity contribution is 8.76. The van der Waals surface area contributed by atoms with E-state index in [1.807, 2.05) is 0 Å². The van der Waals surface area contributed by atoms with E-state index < -0.39 is 102 Å². The maximum absolute atomic E-state index is 14.9. The number of primary amides is 2. The van der Waals surface area contributed by atoms with Gasteiger partial charge in [0.2, 0.25) is 53.2 Å². The number of aliphatic hydroxyl groups excluding tert-OH is 1. The van der Waals surface area contributed by atoms with Gasteiger partial charge in [-0.3, -0.25) is 43.2 Å². The second-order valence-corrected chi connectivity index (χ2v) is 21.9. The number of aryl methyl sites for hydroxylation is 1. The fraction of sp³-hybridized carbons (Fsp3) is 0.389. The van der Waals surface area contributed by atoms with E-state index in [9.17, 15) is 58.5 Å². The molecule has 25 heteroatoms. The second-order valence-electron chi connectivity index (χ2n) is 18.9. The van der Waals surface area contributed by atoms with E-state index >= 15 is 0 Å². The van der Waals surface area contributed by atoms with Gasteiger partial charge < -0.3 is 69.3 Å². The molecule has 2 unspecified atom stereocenters. The highest BCUT2D eigenvalue weighted by atomic mass is 35.5. The maximum Gasteiger partial charge on any atom is 0.248 e. The lowest BCUT2D eigenvalue weighted by atomic mass is 9.99. The number of rotatable bonds is 19. The number of hydrogen-bond acceptors (Lipinski definition) is 15. The van der Waals surface area contributed by atoms with Crippen LogP contribution in [-0.4, -0.2) is 147 Å². The predicted molar refractivity (Wildman–Crippen MR) is 299 cm³/mol. The molecule has 22 nitrogen and oxygen atoms in total. The summed E-state index contributed by atoms with van der Waals surface area (Å²) in [5.41, 5.74) is 19.4. The molecule has 1 saturated heterocycles. The Morgan fingerprint density at radius 3 is 1.86 bits per heavy atom. The van der Waals surface area contributed by atoms with Gasteiger partial charge in [0.1, 0.15) is 53.8 Å². The van der Waals surface area contributed by atoms with Gasteiger partial charge in [-0.05, 0) is 110 Å². The normalized spacial score (nSPS) is 20.8. The number of carbonyl (C=O) groups is 9. The van der Waals surface area contributed by atoms with Gasteiger partial charge in [0.25, 0.3) is 0 Å². The van der Waals surface area contributed by atoms with Crippen LogP contribution in [0.25, 0.3) is 0 Å². The molecule has 0 saturated carbocycles. The minimum Gasteiger partial charge on any atom is -0.508 e. The number of benzene rings is 4. The number of aromatic hydroxyl groups is 2. The zero-order chi connectivity index (χ0) is 57.8. The first-order valence-corrected chi connectivity index (χ1v) is 28.2. The zero-order valence-corrected chi connectivity index (χ0v) is 45.9. The van der Waals surface area contributed by atoms with Crippen molar-refractivity contribution in [1.29, 1.82) is 0 Å². The van der Waals surface area contributed by atoms with Crippen molar-refractivity contribution in [2.45, 2.75) is 107 Å². The summed E-state index contributed by atoms with van der Waals surface area (Å²) in [6, 6.07) is 14.2. The Labute approximate surface area is 469 Å². The number of amides is 9. The van der Waals surface area contributed by atoms with Gasteiger partial charge in [-0.1, -0.05) is 81.7 Å². The highest BCUT2D eigenvalue weighted by Gasteiger charge is 2.38. The minimum absolute atomic E-state index is 0.0428. The number of aliphatic hydroxyl groups is 1. The van der Waals surface area contributed by atoms with Crippen LogP contribution in [0, 0.1) is 0 Å². The van der Waals surface area contributed by atoms with Crippen molar-refractivity contribution in [2.24, 2.45) is 17.2 Å². The third-order valence-electron chi connectivity index (χ3n) is 12.8. The first-order valence-electron chi connectivity index (χ1n) is 25.3. The van der Waals surface area contributed by atoms with Crippen molar-refractivity contribution in [3.63, 3.8) is 0 Å². The van der Waals surface area contributed by atoms with Gasteiger partial charge in [-0.25, -0.2) is 0 Å². The minimum atomic E-state index is -1.75. The molecule has 1 heterocycles. The van der Waals surface area contributed by atoms with E-state index in [1.54, 1.807) is 36.4 Å². The van der Waals surface area contributed by atoms with Crippen molar-refractivity contribution < 1.29 is 58.5 Å². The summed E-state index contributed by atoms with van der Waals surface area (Å²) >= 11 is 6.08. The molecule has 79 heavy (non-hydrogen) atoms. The fourth-order valence-electron chi connectivity index (χ4n) is 8.26. The molecule has 1 fully saturated rings. The van der Waals surface area contributed by atoms with Crippen molar-refractivity contribution >= 4 is 86.4 Å². The Morgan fingerprint density at radius 1 is 0.709 bits per heavy atom. The molecule has 5 rings (SSSR count). The monoisotopic (exact) mass is 1150 g/mol. The predicted octanol–water partition coefficient (Wildman–Crippen LogP) is 0.637. The smallest absolute Gasteiger partial charge is 0.248 e. The average Bonchev–Trinajstić information content (AvgIpc) is 3.42. The number of carbonyl (C=O) groups excluding carboxylic acids is 9. The number of nitrogens with two attached hydrogens (primary N) is 3. The Kier molecular flexibility index (Phi) is 24.3. The van der Waals surface area contributed by atoms with Crippen LogP contribution in [0.15, 0.2) is 97.1 Å². The van der Waals surface area contributed by atoms with Gasteiger partial charge in [-0.2, -0.15) is 0 Å².